The molecule has 0 spiro atoms. The molecule has 1 aromatic heterocycles. The molecule has 13 aromatic rings. The number of anilines is 4. The Balaban J connectivity index is 1.00. The van der Waals surface area contributed by atoms with Crippen molar-refractivity contribution in [3.63, 3.8) is 0 Å². The number of fused-ring (bicyclic) bond motifs is 7. The summed E-state index contributed by atoms with van der Waals surface area (Å²) in [6.07, 6.45) is 5.74. The lowest BCUT2D eigenvalue weighted by Crippen LogP contribution is -2.62. The average molecular weight is 1200 g/mol. The van der Waals surface area contributed by atoms with E-state index in [-0.39, 0.29) is 17.5 Å². The Hall–Kier alpha value is -9.90. The number of hydrogen-bond donors (Lipinski definition) is 0. The van der Waals surface area contributed by atoms with Crippen molar-refractivity contribution in [3.05, 3.63) is 306 Å². The third-order valence-electron chi connectivity index (χ3n) is 20.1. The van der Waals surface area contributed by atoms with Crippen LogP contribution in [0, 0.1) is 0 Å². The van der Waals surface area contributed by atoms with Gasteiger partial charge in [0, 0.05) is 64.2 Å². The van der Waals surface area contributed by atoms with E-state index in [4.69, 9.17) is 0 Å². The third kappa shape index (κ3) is 11.3. The molecule has 456 valence electrons. The van der Waals surface area contributed by atoms with Crippen molar-refractivity contribution in [2.75, 3.05) is 9.80 Å². The molecule has 0 aliphatic carbocycles. The van der Waals surface area contributed by atoms with Crippen molar-refractivity contribution in [1.82, 2.24) is 4.57 Å². The number of benzene rings is 12. The maximum atomic E-state index is 2.77. The van der Waals surface area contributed by atoms with E-state index in [2.05, 4.69) is 336 Å². The van der Waals surface area contributed by atoms with Gasteiger partial charge in [-0.25, -0.2) is 0 Å². The van der Waals surface area contributed by atoms with Crippen molar-refractivity contribution in [1.29, 1.82) is 0 Å². The summed E-state index contributed by atoms with van der Waals surface area (Å²) in [6.45, 7) is 18.3. The predicted octanol–water partition coefficient (Wildman–Crippen LogP) is 21.7. The van der Waals surface area contributed by atoms with Gasteiger partial charge in [-0.05, 0) is 178 Å². The zero-order valence-electron chi connectivity index (χ0n) is 55.1. The highest BCUT2D eigenvalue weighted by atomic mass is 15.2. The third-order valence-corrected chi connectivity index (χ3v) is 20.1. The van der Waals surface area contributed by atoms with Gasteiger partial charge < -0.3 is 14.4 Å². The summed E-state index contributed by atoms with van der Waals surface area (Å²) in [7, 11) is 0. The number of unbranched alkanes of at least 4 members (excludes halogenated alkanes) is 3. The van der Waals surface area contributed by atoms with Gasteiger partial charge in [0.1, 0.15) is 0 Å². The van der Waals surface area contributed by atoms with Crippen molar-refractivity contribution in [2.45, 2.75) is 111 Å². The Labute approximate surface area is 551 Å². The molecule has 0 fully saturated rings. The van der Waals surface area contributed by atoms with Crippen LogP contribution in [0.2, 0.25) is 0 Å². The van der Waals surface area contributed by atoms with Crippen LogP contribution in [-0.4, -0.2) is 11.3 Å². The van der Waals surface area contributed by atoms with E-state index in [1.165, 1.54) is 169 Å². The van der Waals surface area contributed by atoms with E-state index in [1.807, 2.05) is 0 Å². The topological polar surface area (TPSA) is 11.4 Å². The van der Waals surface area contributed by atoms with Crippen LogP contribution < -0.4 is 26.2 Å². The Morgan fingerprint density at radius 3 is 1.22 bits per heavy atom. The molecule has 2 aliphatic heterocycles. The number of nitrogens with zero attached hydrogens (tertiary/aromatic N) is 3. The Bertz CT molecular complexity index is 4690. The van der Waals surface area contributed by atoms with Crippen LogP contribution in [0.15, 0.2) is 273 Å². The molecule has 93 heavy (non-hydrogen) atoms. The van der Waals surface area contributed by atoms with E-state index in [9.17, 15) is 0 Å². The second kappa shape index (κ2) is 24.6. The first-order chi connectivity index (χ1) is 45.4. The summed E-state index contributed by atoms with van der Waals surface area (Å²) in [4.78, 5) is 5.50. The van der Waals surface area contributed by atoms with Crippen molar-refractivity contribution < 1.29 is 0 Å². The highest BCUT2D eigenvalue weighted by Crippen LogP contribution is 2.46. The first-order valence-corrected chi connectivity index (χ1v) is 33.9. The highest BCUT2D eigenvalue weighted by molar-refractivity contribution is 7.00. The van der Waals surface area contributed by atoms with E-state index in [0.717, 1.165) is 12.8 Å². The van der Waals surface area contributed by atoms with Crippen LogP contribution in [0.4, 0.5) is 22.7 Å². The standard InChI is InChI=1S/C89H82BN3/c1-8-9-10-16-29-61-52-85-87-86(53-61)93(60-78-73(66-36-23-14-24-37-66)42-28-43-74(78)67-38-25-15-26-39-67)84-54-62(58-91-81-50-46-69(88(2,3)4)56-75(81)76-57-70(89(5,6)7)47-51-82(76)91)44-48-79(84)90(87)80-55-68(63-30-17-11-18-31-63)45-49-83(80)92(85)59-77-71(64-32-19-12-20-33-64)40-27-41-72(77)65-34-21-13-22-35-65/h11-15,17-28,30-57H,8-10,16,29,58-60H2,1-7H3. The quantitative estimate of drug-likeness (QED) is 0.0706. The smallest absolute Gasteiger partial charge is 0.252 e. The molecule has 0 radical (unpaired) electrons. The first-order valence-electron chi connectivity index (χ1n) is 33.9. The van der Waals surface area contributed by atoms with Crippen molar-refractivity contribution in [3.8, 4) is 55.6 Å². The second-order valence-electron chi connectivity index (χ2n) is 28.2. The summed E-state index contributed by atoms with van der Waals surface area (Å²) in [5.74, 6) is 0. The molecule has 0 saturated heterocycles. The molecule has 15 rings (SSSR count). The minimum Gasteiger partial charge on any atom is -0.338 e. The van der Waals surface area contributed by atoms with Gasteiger partial charge in [0.25, 0.3) is 6.71 Å². The minimum absolute atomic E-state index is 0.00557. The van der Waals surface area contributed by atoms with Crippen LogP contribution in [0.3, 0.4) is 0 Å². The number of aryl methyl sites for hydroxylation is 1. The fourth-order valence-corrected chi connectivity index (χ4v) is 15.2. The molecule has 3 heterocycles. The number of aromatic nitrogens is 1. The normalized spacial score (nSPS) is 12.7. The summed E-state index contributed by atoms with van der Waals surface area (Å²) in [5, 5.41) is 2.64. The van der Waals surface area contributed by atoms with Gasteiger partial charge in [-0.3, -0.25) is 0 Å². The summed E-state index contributed by atoms with van der Waals surface area (Å²) < 4.78 is 2.61. The second-order valence-corrected chi connectivity index (χ2v) is 28.2. The SMILES string of the molecule is CCCCCCc1cc2c3c(c1)N(Cc1c(-c4ccccc4)cccc1-c1ccccc1)c1cc(Cn4c5ccc(C(C)(C)C)cc5c5cc(C(C)(C)C)ccc54)ccc1B3c1cc(-c3ccccc3)ccc1N2Cc1c(-c2ccccc2)cccc1-c1ccccc1. The van der Waals surface area contributed by atoms with E-state index in [1.54, 1.807) is 0 Å². The number of rotatable bonds is 16. The fraction of sp³-hybridized carbons (Fsp3) is 0.191. The Kier molecular flexibility index (Phi) is 15.7. The molecule has 0 N–H and O–H groups in total. The van der Waals surface area contributed by atoms with Gasteiger partial charge in [-0.1, -0.05) is 292 Å². The Morgan fingerprint density at radius 2 is 0.763 bits per heavy atom. The lowest BCUT2D eigenvalue weighted by Gasteiger charge is -2.45. The molecule has 0 amide bonds. The van der Waals surface area contributed by atoms with Crippen LogP contribution in [0.1, 0.15) is 108 Å². The van der Waals surface area contributed by atoms with Crippen molar-refractivity contribution in [2.24, 2.45) is 0 Å². The summed E-state index contributed by atoms with van der Waals surface area (Å²) in [5.41, 5.74) is 32.0. The van der Waals surface area contributed by atoms with E-state index >= 15 is 0 Å². The van der Waals surface area contributed by atoms with Gasteiger partial charge in [0.05, 0.1) is 0 Å². The summed E-state index contributed by atoms with van der Waals surface area (Å²) in [6, 6.07) is 104. The van der Waals surface area contributed by atoms with Crippen LogP contribution in [-0.2, 0) is 36.9 Å². The summed E-state index contributed by atoms with van der Waals surface area (Å²) >= 11 is 0. The van der Waals surface area contributed by atoms with Crippen molar-refractivity contribution >= 4 is 67.7 Å². The lowest BCUT2D eigenvalue weighted by molar-refractivity contribution is 0.590. The maximum Gasteiger partial charge on any atom is 0.252 e. The molecule has 2 aliphatic rings. The van der Waals surface area contributed by atoms with Gasteiger partial charge in [0.15, 0.2) is 0 Å². The molecule has 0 unspecified atom stereocenters. The number of hydrogen-bond acceptors (Lipinski definition) is 2. The predicted molar refractivity (Wildman–Crippen MR) is 400 cm³/mol. The van der Waals surface area contributed by atoms with Crippen LogP contribution >= 0.6 is 0 Å². The van der Waals surface area contributed by atoms with E-state index in [0.29, 0.717) is 19.6 Å². The molecule has 4 heteroatoms. The van der Waals surface area contributed by atoms with Crippen LogP contribution in [0.5, 0.6) is 0 Å². The van der Waals surface area contributed by atoms with Gasteiger partial charge >= 0.3 is 0 Å². The molecule has 0 bridgehead atoms. The Morgan fingerprint density at radius 1 is 0.323 bits per heavy atom. The molecule has 0 atom stereocenters. The molecule has 3 nitrogen and oxygen atoms in total. The highest BCUT2D eigenvalue weighted by Gasteiger charge is 2.44. The van der Waals surface area contributed by atoms with E-state index < -0.39 is 0 Å². The minimum atomic E-state index is -0.0739. The zero-order valence-corrected chi connectivity index (χ0v) is 55.1. The van der Waals surface area contributed by atoms with Crippen LogP contribution in [0.25, 0.3) is 77.4 Å². The van der Waals surface area contributed by atoms with Gasteiger partial charge in [-0.2, -0.15) is 0 Å². The fourth-order valence-electron chi connectivity index (χ4n) is 15.2. The molecular weight excluding hydrogens is 1120 g/mol. The molecule has 12 aromatic carbocycles. The van der Waals surface area contributed by atoms with Gasteiger partial charge in [-0.15, -0.1) is 0 Å². The first kappa shape index (κ1) is 59.4. The maximum absolute atomic E-state index is 2.77. The molecular formula is C89H82BN3. The lowest BCUT2D eigenvalue weighted by atomic mass is 9.33. The average Bonchev–Trinajstić information content (AvgIpc) is 1.22. The zero-order chi connectivity index (χ0) is 63.4. The van der Waals surface area contributed by atoms with Gasteiger partial charge in [0.2, 0.25) is 0 Å². The largest absolute Gasteiger partial charge is 0.338 e. The monoisotopic (exact) mass is 1200 g/mol. The molecule has 0 saturated carbocycles.